The number of amides is 1. The summed E-state index contributed by atoms with van der Waals surface area (Å²) in [4.78, 5) is 12.6. The maximum absolute atomic E-state index is 12.6. The quantitative estimate of drug-likeness (QED) is 0.0361. The highest BCUT2D eigenvalue weighted by atomic mass is 16.3. The summed E-state index contributed by atoms with van der Waals surface area (Å²) >= 11 is 0. The molecule has 0 aliphatic heterocycles. The molecule has 0 fully saturated rings. The molecule has 0 saturated carbocycles. The highest BCUT2D eigenvalue weighted by molar-refractivity contribution is 5.76. The first-order valence-corrected chi connectivity index (χ1v) is 29.6. The van der Waals surface area contributed by atoms with Crippen molar-refractivity contribution in [2.75, 3.05) is 6.61 Å². The van der Waals surface area contributed by atoms with Gasteiger partial charge in [0.05, 0.1) is 31.3 Å². The number of carbonyl (C=O) groups excluding carboxylic acids is 1. The van der Waals surface area contributed by atoms with Gasteiger partial charge in [0.2, 0.25) is 5.91 Å². The van der Waals surface area contributed by atoms with Crippen LogP contribution < -0.4 is 5.32 Å². The molecule has 5 nitrogen and oxygen atoms in total. The smallest absolute Gasteiger partial charge is 0.222 e. The molecule has 0 heterocycles. The largest absolute Gasteiger partial charge is 0.394 e. The van der Waals surface area contributed by atoms with Crippen LogP contribution in [-0.4, -0.2) is 46.1 Å². The van der Waals surface area contributed by atoms with Crippen LogP contribution >= 0.6 is 0 Å². The second kappa shape index (κ2) is 55.4. The Balaban J connectivity index is 3.51. The molecule has 0 rings (SSSR count). The van der Waals surface area contributed by atoms with Gasteiger partial charge >= 0.3 is 0 Å². The lowest BCUT2D eigenvalue weighted by molar-refractivity contribution is -0.125. The summed E-state index contributed by atoms with van der Waals surface area (Å²) in [7, 11) is 0. The van der Waals surface area contributed by atoms with Gasteiger partial charge in [0.15, 0.2) is 0 Å². The molecule has 386 valence electrons. The molecular formula is C60H117NO4. The van der Waals surface area contributed by atoms with Crippen LogP contribution in [0.15, 0.2) is 24.3 Å². The van der Waals surface area contributed by atoms with E-state index in [1.807, 2.05) is 0 Å². The highest BCUT2D eigenvalue weighted by Gasteiger charge is 2.21. The first kappa shape index (κ1) is 63.8. The van der Waals surface area contributed by atoms with E-state index in [0.29, 0.717) is 12.8 Å². The minimum Gasteiger partial charge on any atom is -0.394 e. The normalized spacial score (nSPS) is 13.4. The van der Waals surface area contributed by atoms with Crippen LogP contribution in [0.1, 0.15) is 328 Å². The summed E-state index contributed by atoms with van der Waals surface area (Å²) in [6.07, 6.45) is 70.6. The fourth-order valence-electron chi connectivity index (χ4n) is 9.50. The maximum Gasteiger partial charge on any atom is 0.222 e. The zero-order valence-corrected chi connectivity index (χ0v) is 44.1. The molecule has 0 aromatic rings. The standard InChI is InChI=1S/C60H117NO4/c1-3-5-7-9-11-13-15-17-19-21-23-25-26-27-28-29-30-31-32-34-35-37-39-41-43-45-47-49-51-53-57(63)55-60(65)61-58(56-62)59(64)54-52-50-48-46-44-42-40-38-36-33-24-22-20-18-16-14-12-10-8-6-4-2/h23,25,27-28,57-59,62-64H,3-22,24,26,29-56H2,1-2H3,(H,61,65)/b25-23-,28-27-. The number of unbranched alkanes of at least 4 members (excludes halogenated alkanes) is 42. The van der Waals surface area contributed by atoms with E-state index in [1.165, 1.54) is 263 Å². The van der Waals surface area contributed by atoms with Gasteiger partial charge in [-0.15, -0.1) is 0 Å². The van der Waals surface area contributed by atoms with Crippen molar-refractivity contribution in [3.05, 3.63) is 24.3 Å². The number of carbonyl (C=O) groups is 1. The zero-order valence-electron chi connectivity index (χ0n) is 44.1. The van der Waals surface area contributed by atoms with Crippen LogP contribution in [0, 0.1) is 0 Å². The Kier molecular flexibility index (Phi) is 54.4. The molecule has 0 spiro atoms. The van der Waals surface area contributed by atoms with Crippen molar-refractivity contribution in [3.8, 4) is 0 Å². The van der Waals surface area contributed by atoms with Gasteiger partial charge in [0.1, 0.15) is 0 Å². The first-order valence-electron chi connectivity index (χ1n) is 29.6. The minimum atomic E-state index is -0.749. The van der Waals surface area contributed by atoms with Crippen molar-refractivity contribution in [1.82, 2.24) is 5.32 Å². The van der Waals surface area contributed by atoms with Gasteiger partial charge in [0, 0.05) is 0 Å². The number of hydrogen-bond donors (Lipinski definition) is 4. The van der Waals surface area contributed by atoms with Gasteiger partial charge in [-0.05, 0) is 44.9 Å². The van der Waals surface area contributed by atoms with E-state index in [2.05, 4.69) is 43.5 Å². The van der Waals surface area contributed by atoms with Gasteiger partial charge < -0.3 is 20.6 Å². The number of aliphatic hydroxyl groups excluding tert-OH is 3. The molecule has 0 aromatic carbocycles. The minimum absolute atomic E-state index is 0.0387. The molecule has 0 aromatic heterocycles. The van der Waals surface area contributed by atoms with E-state index >= 15 is 0 Å². The third-order valence-corrected chi connectivity index (χ3v) is 14.0. The average molecular weight is 917 g/mol. The Morgan fingerprint density at radius 3 is 0.969 bits per heavy atom. The van der Waals surface area contributed by atoms with E-state index in [4.69, 9.17) is 0 Å². The molecule has 3 unspecified atom stereocenters. The van der Waals surface area contributed by atoms with Gasteiger partial charge in [-0.3, -0.25) is 4.79 Å². The van der Waals surface area contributed by atoms with Crippen LogP contribution in [0.4, 0.5) is 0 Å². The zero-order chi connectivity index (χ0) is 47.2. The lowest BCUT2D eigenvalue weighted by Gasteiger charge is -2.23. The molecule has 3 atom stereocenters. The highest BCUT2D eigenvalue weighted by Crippen LogP contribution is 2.18. The van der Waals surface area contributed by atoms with Crippen LogP contribution in [-0.2, 0) is 4.79 Å². The lowest BCUT2D eigenvalue weighted by Crippen LogP contribution is -2.46. The van der Waals surface area contributed by atoms with E-state index < -0.39 is 18.2 Å². The summed E-state index contributed by atoms with van der Waals surface area (Å²) in [5.74, 6) is -0.278. The average Bonchev–Trinajstić information content (AvgIpc) is 3.30. The molecule has 5 heteroatoms. The van der Waals surface area contributed by atoms with Crippen LogP contribution in [0.5, 0.6) is 0 Å². The fraction of sp³-hybridized carbons (Fsp3) is 0.917. The number of rotatable bonds is 55. The summed E-state index contributed by atoms with van der Waals surface area (Å²) in [6, 6.07) is -0.658. The van der Waals surface area contributed by atoms with Crippen molar-refractivity contribution in [1.29, 1.82) is 0 Å². The number of aliphatic hydroxyl groups is 3. The molecule has 0 aliphatic rings. The molecular weight excluding hydrogens is 799 g/mol. The maximum atomic E-state index is 12.6. The molecule has 65 heavy (non-hydrogen) atoms. The monoisotopic (exact) mass is 916 g/mol. The topological polar surface area (TPSA) is 89.8 Å². The van der Waals surface area contributed by atoms with Gasteiger partial charge in [-0.2, -0.15) is 0 Å². The van der Waals surface area contributed by atoms with Crippen LogP contribution in [0.25, 0.3) is 0 Å². The third-order valence-electron chi connectivity index (χ3n) is 14.0. The fourth-order valence-corrected chi connectivity index (χ4v) is 9.50. The van der Waals surface area contributed by atoms with Crippen LogP contribution in [0.3, 0.4) is 0 Å². The predicted octanol–water partition coefficient (Wildman–Crippen LogP) is 18.5. The Labute approximate surface area is 407 Å². The van der Waals surface area contributed by atoms with Crippen molar-refractivity contribution in [2.24, 2.45) is 0 Å². The summed E-state index contributed by atoms with van der Waals surface area (Å²) in [5.41, 5.74) is 0. The Bertz CT molecular complexity index is 967. The Morgan fingerprint density at radius 2 is 0.662 bits per heavy atom. The first-order chi connectivity index (χ1) is 32.0. The van der Waals surface area contributed by atoms with Crippen molar-refractivity contribution >= 4 is 5.91 Å². The number of nitrogens with one attached hydrogen (secondary N) is 1. The number of hydrogen-bond acceptors (Lipinski definition) is 4. The third kappa shape index (κ3) is 52.1. The van der Waals surface area contributed by atoms with E-state index in [1.54, 1.807) is 0 Å². The van der Waals surface area contributed by atoms with E-state index in [-0.39, 0.29) is 18.9 Å². The molecule has 0 radical (unpaired) electrons. The van der Waals surface area contributed by atoms with Crippen molar-refractivity contribution < 1.29 is 20.1 Å². The SMILES string of the molecule is CCCCCCCCCCC/C=C\C/C=C\CCCCCCCCCCCCCCCC(O)CC(=O)NC(CO)C(O)CCCCCCCCCCCCCCCCCCCCCCC. The van der Waals surface area contributed by atoms with E-state index in [9.17, 15) is 20.1 Å². The molecule has 0 saturated heterocycles. The summed E-state index contributed by atoms with van der Waals surface area (Å²) < 4.78 is 0. The summed E-state index contributed by atoms with van der Waals surface area (Å²) in [5, 5.41) is 33.7. The molecule has 0 aliphatic carbocycles. The van der Waals surface area contributed by atoms with Crippen LogP contribution in [0.2, 0.25) is 0 Å². The molecule has 4 N–H and O–H groups in total. The Hall–Kier alpha value is -1.17. The second-order valence-electron chi connectivity index (χ2n) is 20.6. The van der Waals surface area contributed by atoms with Gasteiger partial charge in [-0.1, -0.05) is 301 Å². The lowest BCUT2D eigenvalue weighted by atomic mass is 10.0. The predicted molar refractivity (Wildman–Crippen MR) is 287 cm³/mol. The number of allylic oxidation sites excluding steroid dienone is 4. The van der Waals surface area contributed by atoms with Crippen molar-refractivity contribution in [2.45, 2.75) is 347 Å². The second-order valence-corrected chi connectivity index (χ2v) is 20.6. The molecule has 0 bridgehead atoms. The van der Waals surface area contributed by atoms with Gasteiger partial charge in [0.25, 0.3) is 0 Å². The van der Waals surface area contributed by atoms with E-state index in [0.717, 1.165) is 32.1 Å². The summed E-state index contributed by atoms with van der Waals surface area (Å²) in [6.45, 7) is 4.30. The Morgan fingerprint density at radius 1 is 0.385 bits per heavy atom. The van der Waals surface area contributed by atoms with Crippen molar-refractivity contribution in [3.63, 3.8) is 0 Å². The van der Waals surface area contributed by atoms with Gasteiger partial charge in [-0.25, -0.2) is 0 Å². The molecule has 1 amide bonds.